The zero-order valence-corrected chi connectivity index (χ0v) is 13.0. The largest absolute Gasteiger partial charge is 0.497 e. The lowest BCUT2D eigenvalue weighted by atomic mass is 10.0. The van der Waals surface area contributed by atoms with E-state index in [4.69, 9.17) is 9.47 Å². The lowest BCUT2D eigenvalue weighted by molar-refractivity contribution is -0.130. The van der Waals surface area contributed by atoms with E-state index in [2.05, 4.69) is 33.2 Å². The van der Waals surface area contributed by atoms with Gasteiger partial charge in [-0.3, -0.25) is 4.79 Å². The van der Waals surface area contributed by atoms with Crippen molar-refractivity contribution in [3.63, 3.8) is 0 Å². The van der Waals surface area contributed by atoms with E-state index in [0.717, 1.165) is 15.7 Å². The molecule has 0 bridgehead atoms. The van der Waals surface area contributed by atoms with Crippen molar-refractivity contribution >= 4 is 34.6 Å². The quantitative estimate of drug-likeness (QED) is 0.451. The summed E-state index contributed by atoms with van der Waals surface area (Å²) < 4.78 is 10.9. The Hall–Kier alpha value is -1.51. The summed E-state index contributed by atoms with van der Waals surface area (Å²) in [5, 5.41) is 5.26. The first-order valence-electron chi connectivity index (χ1n) is 6.06. The van der Waals surface area contributed by atoms with Gasteiger partial charge >= 0.3 is 6.09 Å². The van der Waals surface area contributed by atoms with Gasteiger partial charge in [-0.15, -0.1) is 0 Å². The Morgan fingerprint density at radius 1 is 1.40 bits per heavy atom. The number of carbonyl (C=O) groups excluding carboxylic acids is 2. The van der Waals surface area contributed by atoms with Crippen LogP contribution in [0.15, 0.2) is 24.3 Å². The highest BCUT2D eigenvalue weighted by molar-refractivity contribution is 14.1. The number of β-lactam (4-membered cyclic amide) rings is 1. The van der Waals surface area contributed by atoms with Crippen LogP contribution >= 0.6 is 22.6 Å². The van der Waals surface area contributed by atoms with Crippen molar-refractivity contribution in [2.24, 2.45) is 0 Å². The Labute approximate surface area is 130 Å². The molecule has 0 saturated carbocycles. The predicted molar refractivity (Wildman–Crippen MR) is 80.9 cm³/mol. The fraction of sp³-hybridized carbons (Fsp3) is 0.385. The topological polar surface area (TPSA) is 76.7 Å². The van der Waals surface area contributed by atoms with Crippen LogP contribution in [0.5, 0.6) is 5.75 Å². The summed E-state index contributed by atoms with van der Waals surface area (Å²) in [7, 11) is 1.59. The molecule has 2 rings (SSSR count). The maximum absolute atomic E-state index is 11.6. The highest BCUT2D eigenvalue weighted by atomic mass is 127. The number of alkyl halides is 1. The minimum atomic E-state index is -0.587. The Bertz CT molecular complexity index is 492. The van der Waals surface area contributed by atoms with Crippen LogP contribution in [-0.4, -0.2) is 35.6 Å². The van der Waals surface area contributed by atoms with Gasteiger partial charge in [0.1, 0.15) is 18.4 Å². The number of nitrogens with one attached hydrogen (secondary N) is 2. The van der Waals surface area contributed by atoms with Gasteiger partial charge in [-0.2, -0.15) is 0 Å². The molecule has 0 radical (unpaired) electrons. The first kappa shape index (κ1) is 14.9. The second-order valence-corrected chi connectivity index (χ2v) is 5.20. The standard InChI is InChI=1S/C13H15IN2O4/c1-19-9-4-2-8(3-5-9)7-20-13(18)16-11-10(6-14)15-12(11)17/h2-5,10-11H,6-7H2,1H3,(H,15,17)(H,16,18)/t10-,11+/m1/s1. The molecule has 0 aliphatic carbocycles. The van der Waals surface area contributed by atoms with E-state index < -0.39 is 12.1 Å². The molecule has 108 valence electrons. The third kappa shape index (κ3) is 3.53. The molecule has 2 N–H and O–H groups in total. The van der Waals surface area contributed by atoms with Crippen molar-refractivity contribution in [3.8, 4) is 5.75 Å². The summed E-state index contributed by atoms with van der Waals surface area (Å²) in [6.07, 6.45) is -0.587. The molecule has 1 aliphatic rings. The maximum Gasteiger partial charge on any atom is 0.408 e. The Kier molecular flexibility index (Phi) is 5.05. The predicted octanol–water partition coefficient (Wildman–Crippen LogP) is 1.22. The average molecular weight is 390 g/mol. The molecule has 1 aromatic carbocycles. The summed E-state index contributed by atoms with van der Waals surface area (Å²) in [5.74, 6) is 0.572. The van der Waals surface area contributed by atoms with E-state index in [1.165, 1.54) is 0 Å². The fourth-order valence-corrected chi connectivity index (χ4v) is 2.50. The number of hydrogen-bond acceptors (Lipinski definition) is 4. The lowest BCUT2D eigenvalue weighted by Crippen LogP contribution is -2.69. The minimum absolute atomic E-state index is 0.0170. The van der Waals surface area contributed by atoms with Gasteiger partial charge in [-0.05, 0) is 17.7 Å². The van der Waals surface area contributed by atoms with Crippen molar-refractivity contribution < 1.29 is 19.1 Å². The van der Waals surface area contributed by atoms with Crippen LogP contribution < -0.4 is 15.4 Å². The molecule has 0 unspecified atom stereocenters. The monoisotopic (exact) mass is 390 g/mol. The molecule has 2 amide bonds. The molecular weight excluding hydrogens is 375 g/mol. The van der Waals surface area contributed by atoms with Gasteiger partial charge in [0.2, 0.25) is 5.91 Å². The first-order chi connectivity index (χ1) is 9.63. The smallest absolute Gasteiger partial charge is 0.408 e. The maximum atomic E-state index is 11.6. The number of ether oxygens (including phenoxy) is 2. The van der Waals surface area contributed by atoms with Gasteiger partial charge in [-0.1, -0.05) is 34.7 Å². The number of hydrogen-bond donors (Lipinski definition) is 2. The molecule has 2 atom stereocenters. The Balaban J connectivity index is 1.78. The van der Waals surface area contributed by atoms with Gasteiger partial charge in [0.15, 0.2) is 0 Å². The van der Waals surface area contributed by atoms with Gasteiger partial charge in [0, 0.05) is 4.43 Å². The van der Waals surface area contributed by atoms with Crippen LogP contribution in [0, 0.1) is 0 Å². The van der Waals surface area contributed by atoms with Crippen molar-refractivity contribution in [2.75, 3.05) is 11.5 Å². The summed E-state index contributed by atoms with van der Waals surface area (Å²) >= 11 is 2.16. The molecule has 20 heavy (non-hydrogen) atoms. The highest BCUT2D eigenvalue weighted by Gasteiger charge is 2.39. The van der Waals surface area contributed by atoms with Crippen LogP contribution in [-0.2, 0) is 16.1 Å². The number of carbonyl (C=O) groups is 2. The lowest BCUT2D eigenvalue weighted by Gasteiger charge is -2.35. The summed E-state index contributed by atoms with van der Waals surface area (Å²) in [6, 6.07) is 6.71. The van der Waals surface area contributed by atoms with Crippen molar-refractivity contribution in [1.29, 1.82) is 0 Å². The molecule has 1 fully saturated rings. The molecule has 1 aliphatic heterocycles. The van der Waals surface area contributed by atoms with Crippen LogP contribution in [0.3, 0.4) is 0 Å². The summed E-state index contributed by atoms with van der Waals surface area (Å²) in [5.41, 5.74) is 0.851. The minimum Gasteiger partial charge on any atom is -0.497 e. The number of amides is 2. The molecule has 1 saturated heterocycles. The van der Waals surface area contributed by atoms with Gasteiger partial charge < -0.3 is 20.1 Å². The van der Waals surface area contributed by atoms with Gasteiger partial charge in [-0.25, -0.2) is 4.79 Å². The van der Waals surface area contributed by atoms with Crippen LogP contribution in [0.2, 0.25) is 0 Å². The van der Waals surface area contributed by atoms with E-state index in [9.17, 15) is 9.59 Å². The molecule has 0 aromatic heterocycles. The fourth-order valence-electron chi connectivity index (χ4n) is 1.78. The number of methoxy groups -OCH3 is 1. The van der Waals surface area contributed by atoms with Crippen LogP contribution in [0.1, 0.15) is 5.56 Å². The molecule has 1 aromatic rings. The average Bonchev–Trinajstić information content (AvgIpc) is 2.48. The van der Waals surface area contributed by atoms with E-state index in [-0.39, 0.29) is 18.6 Å². The van der Waals surface area contributed by atoms with Crippen LogP contribution in [0.4, 0.5) is 4.79 Å². The van der Waals surface area contributed by atoms with Gasteiger partial charge in [0.05, 0.1) is 13.2 Å². The molecular formula is C13H15IN2O4. The summed E-state index contributed by atoms with van der Waals surface area (Å²) in [6.45, 7) is 0.152. The van der Waals surface area contributed by atoms with Crippen molar-refractivity contribution in [2.45, 2.75) is 18.7 Å². The molecule has 7 heteroatoms. The third-order valence-corrected chi connectivity index (χ3v) is 3.93. The molecule has 6 nitrogen and oxygen atoms in total. The Morgan fingerprint density at radius 3 is 2.65 bits per heavy atom. The first-order valence-corrected chi connectivity index (χ1v) is 7.59. The van der Waals surface area contributed by atoms with E-state index in [1.54, 1.807) is 19.2 Å². The molecule has 0 spiro atoms. The van der Waals surface area contributed by atoms with E-state index >= 15 is 0 Å². The highest BCUT2D eigenvalue weighted by Crippen LogP contribution is 2.13. The number of rotatable bonds is 5. The Morgan fingerprint density at radius 2 is 2.10 bits per heavy atom. The van der Waals surface area contributed by atoms with Gasteiger partial charge in [0.25, 0.3) is 0 Å². The number of alkyl carbamates (subject to hydrolysis) is 1. The van der Waals surface area contributed by atoms with E-state index in [1.807, 2.05) is 12.1 Å². The number of halogens is 1. The second kappa shape index (κ2) is 6.78. The van der Waals surface area contributed by atoms with Crippen molar-refractivity contribution in [3.05, 3.63) is 29.8 Å². The third-order valence-electron chi connectivity index (χ3n) is 2.98. The molecule has 1 heterocycles. The number of benzene rings is 1. The summed E-state index contributed by atoms with van der Waals surface area (Å²) in [4.78, 5) is 22.9. The van der Waals surface area contributed by atoms with E-state index in [0.29, 0.717) is 0 Å². The second-order valence-electron chi connectivity index (χ2n) is 4.32. The zero-order chi connectivity index (χ0) is 14.5. The normalized spacial score (nSPS) is 20.6. The zero-order valence-electron chi connectivity index (χ0n) is 10.9. The van der Waals surface area contributed by atoms with Crippen molar-refractivity contribution in [1.82, 2.24) is 10.6 Å². The van der Waals surface area contributed by atoms with Crippen LogP contribution in [0.25, 0.3) is 0 Å². The SMILES string of the molecule is COc1ccc(COC(=O)N[C@@H]2C(=O)N[C@@H]2CI)cc1.